The van der Waals surface area contributed by atoms with E-state index < -0.39 is 0 Å². The summed E-state index contributed by atoms with van der Waals surface area (Å²) in [5, 5.41) is 0.455. The van der Waals surface area contributed by atoms with Gasteiger partial charge in [-0.3, -0.25) is 4.79 Å². The smallest absolute Gasteiger partial charge is 0.159 e. The average molecular weight is 284 g/mol. The highest BCUT2D eigenvalue weighted by atomic mass is 35.5. The first-order valence-corrected chi connectivity index (χ1v) is 6.67. The minimum absolute atomic E-state index is 0.00862. The van der Waals surface area contributed by atoms with Crippen molar-refractivity contribution in [3.05, 3.63) is 28.8 Å². The summed E-state index contributed by atoms with van der Waals surface area (Å²) in [5.41, 5.74) is 0.589. The molecule has 0 radical (unpaired) electrons. The fourth-order valence-corrected chi connectivity index (χ4v) is 2.22. The van der Waals surface area contributed by atoms with Gasteiger partial charge in [-0.05, 0) is 32.2 Å². The van der Waals surface area contributed by atoms with E-state index in [0.717, 1.165) is 19.7 Å². The molecule has 1 aromatic rings. The summed E-state index contributed by atoms with van der Waals surface area (Å²) in [4.78, 5) is 13.4. The Kier molecular flexibility index (Phi) is 4.80. The van der Waals surface area contributed by atoms with Crippen molar-refractivity contribution in [2.75, 3.05) is 33.4 Å². The van der Waals surface area contributed by atoms with Crippen LogP contribution in [0, 0.1) is 0 Å². The topological polar surface area (TPSA) is 38.8 Å². The van der Waals surface area contributed by atoms with Gasteiger partial charge >= 0.3 is 0 Å². The highest BCUT2D eigenvalue weighted by molar-refractivity contribution is 6.32. The normalized spacial score (nSPS) is 20.3. The van der Waals surface area contributed by atoms with Gasteiger partial charge in [0.1, 0.15) is 18.5 Å². The number of morpholine rings is 1. The second-order valence-electron chi connectivity index (χ2n) is 4.77. The first-order valence-electron chi connectivity index (χ1n) is 6.29. The van der Waals surface area contributed by atoms with Gasteiger partial charge in [0, 0.05) is 18.7 Å². The van der Waals surface area contributed by atoms with Crippen molar-refractivity contribution in [2.45, 2.75) is 13.0 Å². The number of halogens is 1. The summed E-state index contributed by atoms with van der Waals surface area (Å²) in [6, 6.07) is 5.08. The first kappa shape index (κ1) is 14.3. The number of Topliss-reactive ketones (excluding diaryl/α,β-unsaturated/α-hetero) is 1. The van der Waals surface area contributed by atoms with Gasteiger partial charge in [-0.15, -0.1) is 0 Å². The molecule has 19 heavy (non-hydrogen) atoms. The second kappa shape index (κ2) is 6.37. The van der Waals surface area contributed by atoms with Crippen LogP contribution in [-0.2, 0) is 4.74 Å². The summed E-state index contributed by atoms with van der Waals surface area (Å²) < 4.78 is 11.3. The van der Waals surface area contributed by atoms with Gasteiger partial charge in [0.15, 0.2) is 5.78 Å². The number of likely N-dealkylation sites (N-methyl/N-ethyl adjacent to an activating group) is 1. The average Bonchev–Trinajstić information content (AvgIpc) is 2.37. The van der Waals surface area contributed by atoms with E-state index in [1.165, 1.54) is 6.92 Å². The lowest BCUT2D eigenvalue weighted by Gasteiger charge is -2.29. The number of rotatable bonds is 4. The molecule has 4 nitrogen and oxygen atoms in total. The summed E-state index contributed by atoms with van der Waals surface area (Å²) in [6.45, 7) is 4.50. The van der Waals surface area contributed by atoms with E-state index in [2.05, 4.69) is 11.9 Å². The van der Waals surface area contributed by atoms with Gasteiger partial charge in [-0.25, -0.2) is 0 Å². The quantitative estimate of drug-likeness (QED) is 0.795. The molecule has 0 bridgehead atoms. The van der Waals surface area contributed by atoms with Crippen LogP contribution in [0.15, 0.2) is 18.2 Å². The third-order valence-electron chi connectivity index (χ3n) is 3.11. The van der Waals surface area contributed by atoms with Crippen LogP contribution in [0.25, 0.3) is 0 Å². The highest BCUT2D eigenvalue weighted by Crippen LogP contribution is 2.26. The Morgan fingerprint density at radius 2 is 2.37 bits per heavy atom. The maximum atomic E-state index is 11.2. The van der Waals surface area contributed by atoms with Crippen molar-refractivity contribution in [3.63, 3.8) is 0 Å². The standard InChI is InChI=1S/C14H18ClNO3/c1-10(17)11-3-4-14(13(15)7-11)19-9-12-8-16(2)5-6-18-12/h3-4,7,12H,5-6,8-9H2,1-2H3. The molecule has 2 rings (SSSR count). The van der Waals surface area contributed by atoms with E-state index in [1.807, 2.05) is 0 Å². The number of carbonyl (C=O) groups excluding carboxylic acids is 1. The summed E-state index contributed by atoms with van der Waals surface area (Å²) in [7, 11) is 2.06. The zero-order valence-corrected chi connectivity index (χ0v) is 11.9. The zero-order chi connectivity index (χ0) is 13.8. The van der Waals surface area contributed by atoms with Crippen LogP contribution < -0.4 is 4.74 Å². The molecular formula is C14H18ClNO3. The van der Waals surface area contributed by atoms with E-state index in [1.54, 1.807) is 18.2 Å². The summed E-state index contributed by atoms with van der Waals surface area (Å²) in [6.07, 6.45) is 0.0577. The third kappa shape index (κ3) is 3.93. The van der Waals surface area contributed by atoms with E-state index in [-0.39, 0.29) is 11.9 Å². The Bertz CT molecular complexity index is 464. The maximum Gasteiger partial charge on any atom is 0.159 e. The van der Waals surface area contributed by atoms with E-state index >= 15 is 0 Å². The van der Waals surface area contributed by atoms with E-state index in [9.17, 15) is 4.79 Å². The van der Waals surface area contributed by atoms with Crippen molar-refractivity contribution < 1.29 is 14.3 Å². The molecule has 1 saturated heterocycles. The highest BCUT2D eigenvalue weighted by Gasteiger charge is 2.18. The molecule has 0 aromatic heterocycles. The third-order valence-corrected chi connectivity index (χ3v) is 3.40. The molecule has 0 spiro atoms. The molecule has 1 fully saturated rings. The molecule has 1 heterocycles. The first-order chi connectivity index (χ1) is 9.06. The van der Waals surface area contributed by atoms with Gasteiger partial charge in [-0.1, -0.05) is 11.6 Å². The van der Waals surface area contributed by atoms with E-state index in [4.69, 9.17) is 21.1 Å². The Morgan fingerprint density at radius 1 is 1.58 bits per heavy atom. The van der Waals surface area contributed by atoms with E-state index in [0.29, 0.717) is 22.9 Å². The number of ether oxygens (including phenoxy) is 2. The lowest BCUT2D eigenvalue weighted by Crippen LogP contribution is -2.42. The van der Waals surface area contributed by atoms with Gasteiger partial charge in [0.25, 0.3) is 0 Å². The fraction of sp³-hybridized carbons (Fsp3) is 0.500. The molecule has 0 N–H and O–H groups in total. The van der Waals surface area contributed by atoms with Crippen LogP contribution >= 0.6 is 11.6 Å². The van der Waals surface area contributed by atoms with Crippen molar-refractivity contribution in [2.24, 2.45) is 0 Å². The number of hydrogen-bond donors (Lipinski definition) is 0. The minimum Gasteiger partial charge on any atom is -0.489 e. The molecule has 1 aliphatic rings. The molecule has 5 heteroatoms. The Balaban J connectivity index is 1.94. The SMILES string of the molecule is CC(=O)c1ccc(OCC2CN(C)CCO2)c(Cl)c1. The van der Waals surface area contributed by atoms with Gasteiger partial charge in [-0.2, -0.15) is 0 Å². The molecule has 0 amide bonds. The van der Waals surface area contributed by atoms with Crippen LogP contribution in [0.2, 0.25) is 5.02 Å². The van der Waals surface area contributed by atoms with Crippen LogP contribution in [0.5, 0.6) is 5.75 Å². The van der Waals surface area contributed by atoms with Crippen LogP contribution in [0.4, 0.5) is 0 Å². The monoisotopic (exact) mass is 283 g/mol. The fourth-order valence-electron chi connectivity index (χ4n) is 1.99. The maximum absolute atomic E-state index is 11.2. The molecule has 1 unspecified atom stereocenters. The van der Waals surface area contributed by atoms with Crippen molar-refractivity contribution in [1.82, 2.24) is 4.90 Å². The summed E-state index contributed by atoms with van der Waals surface area (Å²) >= 11 is 6.09. The molecule has 1 aromatic carbocycles. The molecule has 0 aliphatic carbocycles. The van der Waals surface area contributed by atoms with Crippen LogP contribution in [0.1, 0.15) is 17.3 Å². The number of benzene rings is 1. The van der Waals surface area contributed by atoms with Gasteiger partial charge < -0.3 is 14.4 Å². The Labute approximate surface area is 118 Å². The van der Waals surface area contributed by atoms with Crippen molar-refractivity contribution in [3.8, 4) is 5.75 Å². The molecule has 104 valence electrons. The van der Waals surface area contributed by atoms with Gasteiger partial charge in [0.2, 0.25) is 0 Å². The zero-order valence-electron chi connectivity index (χ0n) is 11.2. The molecular weight excluding hydrogens is 266 g/mol. The summed E-state index contributed by atoms with van der Waals surface area (Å²) in [5.74, 6) is 0.578. The van der Waals surface area contributed by atoms with Crippen LogP contribution in [-0.4, -0.2) is 50.1 Å². The number of carbonyl (C=O) groups is 1. The molecule has 1 aliphatic heterocycles. The predicted octanol–water partition coefficient (Wildman–Crippen LogP) is 2.25. The van der Waals surface area contributed by atoms with Crippen molar-refractivity contribution in [1.29, 1.82) is 0 Å². The molecule has 0 saturated carbocycles. The number of ketones is 1. The van der Waals surface area contributed by atoms with Gasteiger partial charge in [0.05, 0.1) is 11.6 Å². The molecule has 1 atom stereocenters. The predicted molar refractivity (Wildman–Crippen MR) is 74.2 cm³/mol. The van der Waals surface area contributed by atoms with Crippen molar-refractivity contribution >= 4 is 17.4 Å². The Hall–Kier alpha value is -1.10. The van der Waals surface area contributed by atoms with Crippen LogP contribution in [0.3, 0.4) is 0 Å². The minimum atomic E-state index is -0.00862. The second-order valence-corrected chi connectivity index (χ2v) is 5.17. The lowest BCUT2D eigenvalue weighted by atomic mass is 10.1. The number of nitrogens with zero attached hydrogens (tertiary/aromatic N) is 1. The lowest BCUT2D eigenvalue weighted by molar-refractivity contribution is -0.0403. The Morgan fingerprint density at radius 3 is 3.00 bits per heavy atom. The largest absolute Gasteiger partial charge is 0.489 e. The number of hydrogen-bond acceptors (Lipinski definition) is 4.